The van der Waals surface area contributed by atoms with E-state index in [9.17, 15) is 0 Å². The van der Waals surface area contributed by atoms with Crippen molar-refractivity contribution in [3.63, 3.8) is 0 Å². The van der Waals surface area contributed by atoms with Gasteiger partial charge in [0.2, 0.25) is 0 Å². The Morgan fingerprint density at radius 3 is 2.92 bits per heavy atom. The van der Waals surface area contributed by atoms with Gasteiger partial charge in [0.15, 0.2) is 11.0 Å². The van der Waals surface area contributed by atoms with Crippen LogP contribution in [0.25, 0.3) is 20.9 Å². The normalized spacial score (nSPS) is 11.2. The summed E-state index contributed by atoms with van der Waals surface area (Å²) in [5.74, 6) is 2.40. The van der Waals surface area contributed by atoms with E-state index in [2.05, 4.69) is 21.2 Å². The molecule has 0 atom stereocenters. The van der Waals surface area contributed by atoms with Crippen LogP contribution in [0.3, 0.4) is 0 Å². The number of hydrogen-bond acceptors (Lipinski definition) is 7. The fourth-order valence-electron chi connectivity index (χ4n) is 2.67. The third-order valence-corrected chi connectivity index (χ3v) is 6.26. The quantitative estimate of drug-likeness (QED) is 0.525. The lowest BCUT2D eigenvalue weighted by atomic mass is 10.2. The highest BCUT2D eigenvalue weighted by molar-refractivity contribution is 7.98. The van der Waals surface area contributed by atoms with Crippen LogP contribution < -0.4 is 10.5 Å². The maximum atomic E-state index is 6.31. The van der Waals surface area contributed by atoms with Crippen molar-refractivity contribution in [1.29, 1.82) is 0 Å². The first-order chi connectivity index (χ1) is 12.7. The molecule has 0 aliphatic carbocycles. The molecule has 0 bridgehead atoms. The molecule has 132 valence electrons. The van der Waals surface area contributed by atoms with Crippen LogP contribution in [-0.4, -0.2) is 26.9 Å². The van der Waals surface area contributed by atoms with Gasteiger partial charge in [-0.3, -0.25) is 0 Å². The molecule has 0 spiro atoms. The zero-order chi connectivity index (χ0) is 18.1. The van der Waals surface area contributed by atoms with Gasteiger partial charge in [-0.05, 0) is 29.8 Å². The summed E-state index contributed by atoms with van der Waals surface area (Å²) < 4.78 is 7.25. The van der Waals surface area contributed by atoms with Crippen molar-refractivity contribution >= 4 is 39.0 Å². The molecule has 0 aliphatic heterocycles. The van der Waals surface area contributed by atoms with Crippen LogP contribution in [-0.2, 0) is 12.8 Å². The van der Waals surface area contributed by atoms with Crippen molar-refractivity contribution in [3.8, 4) is 16.5 Å². The Morgan fingerprint density at radius 2 is 2.12 bits per heavy atom. The molecule has 0 saturated carbocycles. The van der Waals surface area contributed by atoms with Crippen molar-refractivity contribution in [2.45, 2.75) is 10.9 Å². The van der Waals surface area contributed by atoms with Crippen molar-refractivity contribution in [2.24, 2.45) is 7.05 Å². The molecule has 0 radical (unpaired) electrons. The van der Waals surface area contributed by atoms with Crippen LogP contribution in [0.4, 0.5) is 5.69 Å². The van der Waals surface area contributed by atoms with Gasteiger partial charge in [-0.25, -0.2) is 4.98 Å². The van der Waals surface area contributed by atoms with Crippen LogP contribution in [0.5, 0.6) is 5.75 Å². The Morgan fingerprint density at radius 1 is 1.23 bits per heavy atom. The molecule has 0 amide bonds. The summed E-state index contributed by atoms with van der Waals surface area (Å²) in [6, 6.07) is 11.9. The number of nitrogens with zero attached hydrogens (tertiary/aromatic N) is 4. The summed E-state index contributed by atoms with van der Waals surface area (Å²) in [4.78, 5) is 6.20. The molecule has 0 unspecified atom stereocenters. The highest BCUT2D eigenvalue weighted by Crippen LogP contribution is 2.39. The Hall–Kier alpha value is -2.58. The van der Waals surface area contributed by atoms with Crippen molar-refractivity contribution in [2.75, 3.05) is 12.8 Å². The number of rotatable bonds is 5. The first-order valence-electron chi connectivity index (χ1n) is 7.96. The number of methoxy groups -OCH3 is 1. The number of thioether (sulfide) groups is 1. The van der Waals surface area contributed by atoms with E-state index in [1.165, 1.54) is 16.9 Å². The number of thiophene rings is 1. The van der Waals surface area contributed by atoms with E-state index in [1.54, 1.807) is 25.1 Å². The second-order valence-corrected chi connectivity index (χ2v) is 7.65. The second-order valence-electron chi connectivity index (χ2n) is 5.71. The SMILES string of the molecule is COc1cccc(CSc2nnc(-c3sc4ncccc4c3N)n2C)c1. The fraction of sp³-hybridized carbons (Fsp3) is 0.167. The third kappa shape index (κ3) is 3.02. The second kappa shape index (κ2) is 6.97. The zero-order valence-electron chi connectivity index (χ0n) is 14.3. The molecular formula is C18H17N5OS2. The Bertz CT molecular complexity index is 1070. The van der Waals surface area contributed by atoms with E-state index in [1.807, 2.05) is 41.9 Å². The summed E-state index contributed by atoms with van der Waals surface area (Å²) in [5.41, 5.74) is 8.19. The lowest BCUT2D eigenvalue weighted by Crippen LogP contribution is -1.96. The number of hydrogen-bond donors (Lipinski definition) is 1. The van der Waals surface area contributed by atoms with Gasteiger partial charge in [-0.15, -0.1) is 21.5 Å². The molecule has 4 aromatic rings. The number of ether oxygens (including phenoxy) is 1. The summed E-state index contributed by atoms with van der Waals surface area (Å²) in [7, 11) is 3.63. The van der Waals surface area contributed by atoms with Gasteiger partial charge in [-0.2, -0.15) is 0 Å². The molecule has 26 heavy (non-hydrogen) atoms. The lowest BCUT2D eigenvalue weighted by molar-refractivity contribution is 0.414. The van der Waals surface area contributed by atoms with Crippen LogP contribution in [0.15, 0.2) is 47.8 Å². The maximum absolute atomic E-state index is 6.31. The van der Waals surface area contributed by atoms with Gasteiger partial charge in [0.05, 0.1) is 17.7 Å². The molecule has 2 N–H and O–H groups in total. The first kappa shape index (κ1) is 16.9. The molecule has 4 rings (SSSR count). The monoisotopic (exact) mass is 383 g/mol. The predicted octanol–water partition coefficient (Wildman–Crippen LogP) is 3.97. The zero-order valence-corrected chi connectivity index (χ0v) is 16.0. The van der Waals surface area contributed by atoms with E-state index in [4.69, 9.17) is 10.5 Å². The fourth-order valence-corrected chi connectivity index (χ4v) is 4.60. The summed E-state index contributed by atoms with van der Waals surface area (Å²) in [6.45, 7) is 0. The van der Waals surface area contributed by atoms with Gasteiger partial charge in [-0.1, -0.05) is 23.9 Å². The number of benzene rings is 1. The summed E-state index contributed by atoms with van der Waals surface area (Å²) in [6.07, 6.45) is 1.77. The van der Waals surface area contributed by atoms with Gasteiger partial charge >= 0.3 is 0 Å². The highest BCUT2D eigenvalue weighted by atomic mass is 32.2. The number of pyridine rings is 1. The third-order valence-electron chi connectivity index (χ3n) is 4.04. The highest BCUT2D eigenvalue weighted by Gasteiger charge is 2.18. The first-order valence-corrected chi connectivity index (χ1v) is 9.76. The molecule has 0 saturated heterocycles. The minimum Gasteiger partial charge on any atom is -0.497 e. The van der Waals surface area contributed by atoms with E-state index in [0.29, 0.717) is 5.69 Å². The summed E-state index contributed by atoms with van der Waals surface area (Å²) >= 11 is 3.17. The van der Waals surface area contributed by atoms with Gasteiger partial charge in [0.1, 0.15) is 10.6 Å². The van der Waals surface area contributed by atoms with Crippen LogP contribution in [0.1, 0.15) is 5.56 Å². The van der Waals surface area contributed by atoms with Gasteiger partial charge < -0.3 is 15.0 Å². The van der Waals surface area contributed by atoms with Gasteiger partial charge in [0, 0.05) is 24.4 Å². The van der Waals surface area contributed by atoms with E-state index in [0.717, 1.165) is 37.6 Å². The standard InChI is InChI=1S/C18H17N5OS2/c1-23-16(15-14(19)13-7-4-8-20-17(13)26-15)21-22-18(23)25-10-11-5-3-6-12(9-11)24-2/h3-9H,10,19H2,1-2H3. The largest absolute Gasteiger partial charge is 0.497 e. The molecule has 3 heterocycles. The minimum absolute atomic E-state index is 0.706. The van der Waals surface area contributed by atoms with Crippen LogP contribution >= 0.6 is 23.1 Å². The van der Waals surface area contributed by atoms with Gasteiger partial charge in [0.25, 0.3) is 0 Å². The molecule has 0 fully saturated rings. The number of nitrogen functional groups attached to an aromatic ring is 1. The molecule has 3 aromatic heterocycles. The number of anilines is 1. The van der Waals surface area contributed by atoms with E-state index >= 15 is 0 Å². The Kier molecular flexibility index (Phi) is 4.52. The predicted molar refractivity (Wildman–Crippen MR) is 107 cm³/mol. The van der Waals surface area contributed by atoms with Crippen LogP contribution in [0.2, 0.25) is 0 Å². The molecular weight excluding hydrogens is 366 g/mol. The van der Waals surface area contributed by atoms with Crippen molar-refractivity contribution < 1.29 is 4.74 Å². The number of nitrogens with two attached hydrogens (primary N) is 1. The topological polar surface area (TPSA) is 78.8 Å². The molecule has 0 aliphatic rings. The number of fused-ring (bicyclic) bond motifs is 1. The van der Waals surface area contributed by atoms with Crippen molar-refractivity contribution in [3.05, 3.63) is 48.2 Å². The Labute approximate surface area is 159 Å². The minimum atomic E-state index is 0.706. The number of aromatic nitrogens is 4. The molecule has 6 nitrogen and oxygen atoms in total. The molecule has 1 aromatic carbocycles. The molecule has 8 heteroatoms. The maximum Gasteiger partial charge on any atom is 0.191 e. The van der Waals surface area contributed by atoms with E-state index in [-0.39, 0.29) is 0 Å². The van der Waals surface area contributed by atoms with Crippen LogP contribution in [0, 0.1) is 0 Å². The Balaban J connectivity index is 1.60. The lowest BCUT2D eigenvalue weighted by Gasteiger charge is -2.05. The average molecular weight is 384 g/mol. The van der Waals surface area contributed by atoms with Crippen molar-refractivity contribution in [1.82, 2.24) is 19.7 Å². The smallest absolute Gasteiger partial charge is 0.191 e. The van der Waals surface area contributed by atoms with E-state index < -0.39 is 0 Å². The summed E-state index contributed by atoms with van der Waals surface area (Å²) in [5, 5.41) is 10.5. The average Bonchev–Trinajstić information content (AvgIpc) is 3.20.